The minimum absolute atomic E-state index is 0.0191. The molecule has 2 aromatic carbocycles. The summed E-state index contributed by atoms with van der Waals surface area (Å²) in [6, 6.07) is 12.3. The third-order valence-electron chi connectivity index (χ3n) is 5.34. The van der Waals surface area contributed by atoms with Crippen molar-refractivity contribution in [3.05, 3.63) is 64.9 Å². The van der Waals surface area contributed by atoms with Crippen molar-refractivity contribution in [2.24, 2.45) is 0 Å². The van der Waals surface area contributed by atoms with Gasteiger partial charge in [0.25, 0.3) is 5.91 Å². The van der Waals surface area contributed by atoms with Crippen molar-refractivity contribution in [1.82, 2.24) is 10.2 Å². The molecule has 160 valence electrons. The molecule has 2 amide bonds. The maximum Gasteiger partial charge on any atom is 0.261 e. The molecule has 0 aliphatic heterocycles. The number of carbonyl (C=O) groups is 2. The van der Waals surface area contributed by atoms with Crippen molar-refractivity contribution >= 4 is 23.4 Å². The molecule has 30 heavy (non-hydrogen) atoms. The van der Waals surface area contributed by atoms with E-state index in [9.17, 15) is 14.0 Å². The van der Waals surface area contributed by atoms with E-state index < -0.39 is 17.8 Å². The molecule has 0 bridgehead atoms. The topological polar surface area (TPSA) is 58.6 Å². The van der Waals surface area contributed by atoms with Crippen LogP contribution < -0.4 is 10.1 Å². The van der Waals surface area contributed by atoms with Crippen LogP contribution in [-0.2, 0) is 16.1 Å². The minimum Gasteiger partial charge on any atom is -0.484 e. The molecule has 0 radical (unpaired) electrons. The van der Waals surface area contributed by atoms with Gasteiger partial charge in [0.2, 0.25) is 5.91 Å². The number of benzene rings is 2. The van der Waals surface area contributed by atoms with Crippen LogP contribution in [0.1, 0.15) is 38.2 Å². The highest BCUT2D eigenvalue weighted by molar-refractivity contribution is 6.30. The maximum atomic E-state index is 14.2. The lowest BCUT2D eigenvalue weighted by atomic mass is 10.1. The van der Waals surface area contributed by atoms with Gasteiger partial charge >= 0.3 is 0 Å². The van der Waals surface area contributed by atoms with Crippen molar-refractivity contribution in [2.75, 3.05) is 6.61 Å². The molecular formula is C23H26ClFN2O3. The molecule has 1 N–H and O–H groups in total. The SMILES string of the molecule is C[C@@H](C(=O)NC1CCCC1)N(Cc1ccccc1F)C(=O)COc1ccc(Cl)cc1. The zero-order valence-corrected chi connectivity index (χ0v) is 17.7. The summed E-state index contributed by atoms with van der Waals surface area (Å²) in [6.45, 7) is 1.37. The number of hydrogen-bond acceptors (Lipinski definition) is 3. The first kappa shape index (κ1) is 22.1. The van der Waals surface area contributed by atoms with Crippen molar-refractivity contribution < 1.29 is 18.7 Å². The second kappa shape index (κ2) is 10.4. The van der Waals surface area contributed by atoms with Crippen LogP contribution in [-0.4, -0.2) is 35.4 Å². The van der Waals surface area contributed by atoms with E-state index in [1.807, 2.05) is 0 Å². The first-order valence-electron chi connectivity index (χ1n) is 10.2. The van der Waals surface area contributed by atoms with Gasteiger partial charge in [0.1, 0.15) is 17.6 Å². The average molecular weight is 433 g/mol. The predicted molar refractivity (Wildman–Crippen MR) is 114 cm³/mol. The molecule has 5 nitrogen and oxygen atoms in total. The van der Waals surface area contributed by atoms with Crippen molar-refractivity contribution in [1.29, 1.82) is 0 Å². The molecule has 1 saturated carbocycles. The van der Waals surface area contributed by atoms with E-state index in [1.165, 1.54) is 11.0 Å². The Morgan fingerprint density at radius 3 is 2.50 bits per heavy atom. The predicted octanol–water partition coefficient (Wildman–Crippen LogP) is 4.33. The Bertz CT molecular complexity index is 869. The fourth-order valence-electron chi connectivity index (χ4n) is 3.54. The Kier molecular flexibility index (Phi) is 7.69. The fraction of sp³-hybridized carbons (Fsp3) is 0.391. The monoisotopic (exact) mass is 432 g/mol. The maximum absolute atomic E-state index is 14.2. The van der Waals surface area contributed by atoms with Crippen LogP contribution in [0.5, 0.6) is 5.75 Å². The van der Waals surface area contributed by atoms with E-state index in [4.69, 9.17) is 16.3 Å². The highest BCUT2D eigenvalue weighted by Gasteiger charge is 2.29. The van der Waals surface area contributed by atoms with Gasteiger partial charge in [-0.25, -0.2) is 4.39 Å². The number of amides is 2. The Balaban J connectivity index is 1.71. The molecule has 0 aromatic heterocycles. The quantitative estimate of drug-likeness (QED) is 0.675. The Hall–Kier alpha value is -2.60. The molecule has 0 spiro atoms. The van der Waals surface area contributed by atoms with Crippen LogP contribution in [0.15, 0.2) is 48.5 Å². The standard InChI is InChI=1S/C23H26ClFN2O3/c1-16(23(29)26-19-7-3-4-8-19)27(14-17-6-2-5-9-21(17)25)22(28)15-30-20-12-10-18(24)11-13-20/h2,5-6,9-13,16,19H,3-4,7-8,14-15H2,1H3,(H,26,29)/t16-/m0/s1. The summed E-state index contributed by atoms with van der Waals surface area (Å²) in [4.78, 5) is 27.1. The number of nitrogens with one attached hydrogen (secondary N) is 1. The van der Waals surface area contributed by atoms with Crippen molar-refractivity contribution in [2.45, 2.75) is 51.2 Å². The normalized spacial score (nSPS) is 14.9. The largest absolute Gasteiger partial charge is 0.484 e. The minimum atomic E-state index is -0.758. The first-order valence-corrected chi connectivity index (χ1v) is 10.5. The van der Waals surface area contributed by atoms with Crippen LogP contribution >= 0.6 is 11.6 Å². The van der Waals surface area contributed by atoms with E-state index in [2.05, 4.69) is 5.32 Å². The van der Waals surface area contributed by atoms with E-state index in [1.54, 1.807) is 49.4 Å². The summed E-state index contributed by atoms with van der Waals surface area (Å²) >= 11 is 5.87. The summed E-state index contributed by atoms with van der Waals surface area (Å²) < 4.78 is 19.8. The van der Waals surface area contributed by atoms with Gasteiger partial charge in [-0.2, -0.15) is 0 Å². The highest BCUT2D eigenvalue weighted by Crippen LogP contribution is 2.19. The molecule has 0 saturated heterocycles. The smallest absolute Gasteiger partial charge is 0.261 e. The number of carbonyl (C=O) groups excluding carboxylic acids is 2. The van der Waals surface area contributed by atoms with Crippen LogP contribution in [0.25, 0.3) is 0 Å². The molecule has 1 aliphatic rings. The Labute approximate surface area is 181 Å². The van der Waals surface area contributed by atoms with Crippen molar-refractivity contribution in [3.63, 3.8) is 0 Å². The van der Waals surface area contributed by atoms with Gasteiger partial charge < -0.3 is 15.0 Å². The average Bonchev–Trinajstić information content (AvgIpc) is 3.25. The van der Waals surface area contributed by atoms with Gasteiger partial charge in [0, 0.05) is 23.2 Å². The second-order valence-corrected chi connectivity index (χ2v) is 7.96. The first-order chi connectivity index (χ1) is 14.4. The van der Waals surface area contributed by atoms with Gasteiger partial charge in [0.15, 0.2) is 6.61 Å². The molecule has 1 atom stereocenters. The molecule has 0 heterocycles. The molecule has 7 heteroatoms. The molecular weight excluding hydrogens is 407 g/mol. The van der Waals surface area contributed by atoms with Crippen LogP contribution in [0.4, 0.5) is 4.39 Å². The molecule has 0 unspecified atom stereocenters. The third-order valence-corrected chi connectivity index (χ3v) is 5.60. The zero-order valence-electron chi connectivity index (χ0n) is 16.9. The molecule has 1 fully saturated rings. The van der Waals surface area contributed by atoms with E-state index in [0.717, 1.165) is 25.7 Å². The van der Waals surface area contributed by atoms with Crippen LogP contribution in [0, 0.1) is 5.82 Å². The number of rotatable bonds is 8. The number of ether oxygens (including phenoxy) is 1. The second-order valence-electron chi connectivity index (χ2n) is 7.52. The zero-order chi connectivity index (χ0) is 21.5. The molecule has 2 aromatic rings. The van der Waals surface area contributed by atoms with Gasteiger partial charge in [0.05, 0.1) is 0 Å². The number of nitrogens with zero attached hydrogens (tertiary/aromatic N) is 1. The van der Waals surface area contributed by atoms with E-state index >= 15 is 0 Å². The summed E-state index contributed by atoms with van der Waals surface area (Å²) in [5.41, 5.74) is 0.345. The van der Waals surface area contributed by atoms with E-state index in [-0.39, 0.29) is 25.1 Å². The highest BCUT2D eigenvalue weighted by atomic mass is 35.5. The Morgan fingerprint density at radius 1 is 1.17 bits per heavy atom. The third kappa shape index (κ3) is 5.95. The molecule has 3 rings (SSSR count). The molecule has 1 aliphatic carbocycles. The summed E-state index contributed by atoms with van der Waals surface area (Å²) in [5.74, 6) is -0.570. The fourth-order valence-corrected chi connectivity index (χ4v) is 3.67. The number of halogens is 2. The van der Waals surface area contributed by atoms with Crippen molar-refractivity contribution in [3.8, 4) is 5.75 Å². The lowest BCUT2D eigenvalue weighted by molar-refractivity contribution is -0.142. The van der Waals surface area contributed by atoms with Crippen LogP contribution in [0.2, 0.25) is 5.02 Å². The van der Waals surface area contributed by atoms with Gasteiger partial charge in [-0.05, 0) is 50.1 Å². The summed E-state index contributed by atoms with van der Waals surface area (Å²) in [7, 11) is 0. The Morgan fingerprint density at radius 2 is 1.83 bits per heavy atom. The van der Waals surface area contributed by atoms with E-state index in [0.29, 0.717) is 16.3 Å². The summed E-state index contributed by atoms with van der Waals surface area (Å²) in [6.07, 6.45) is 4.07. The lowest BCUT2D eigenvalue weighted by Gasteiger charge is -2.29. The van der Waals surface area contributed by atoms with Crippen LogP contribution in [0.3, 0.4) is 0 Å². The van der Waals surface area contributed by atoms with Gasteiger partial charge in [-0.3, -0.25) is 9.59 Å². The lowest BCUT2D eigenvalue weighted by Crippen LogP contribution is -2.50. The van der Waals surface area contributed by atoms with Gasteiger partial charge in [-0.15, -0.1) is 0 Å². The van der Waals surface area contributed by atoms with Gasteiger partial charge in [-0.1, -0.05) is 42.6 Å². The summed E-state index contributed by atoms with van der Waals surface area (Å²) in [5, 5.41) is 3.57. The number of hydrogen-bond donors (Lipinski definition) is 1.